The molecule has 4 heteroatoms. The number of hydrogen-bond acceptors (Lipinski definition) is 2. The fraction of sp³-hybridized carbons (Fsp3) is 0.222. The molecule has 3 rings (SSSR count). The molecule has 0 radical (unpaired) electrons. The molecule has 1 N–H and O–H groups in total. The summed E-state index contributed by atoms with van der Waals surface area (Å²) in [5.74, 6) is 0.638. The van der Waals surface area contributed by atoms with Gasteiger partial charge in [0, 0.05) is 22.0 Å². The first-order chi connectivity index (χ1) is 10.6. The molecule has 0 spiro atoms. The van der Waals surface area contributed by atoms with Crippen LogP contribution in [-0.4, -0.2) is 9.67 Å². The monoisotopic (exact) mass is 315 g/mol. The highest BCUT2D eigenvalue weighted by atomic mass is 35.5. The smallest absolute Gasteiger partial charge is 0.161 e. The van der Waals surface area contributed by atoms with E-state index >= 15 is 0 Å². The maximum absolute atomic E-state index is 9.79. The van der Waals surface area contributed by atoms with E-state index < -0.39 is 0 Å². The molecule has 1 aromatic heterocycles. The highest BCUT2D eigenvalue weighted by Crippen LogP contribution is 2.29. The van der Waals surface area contributed by atoms with Crippen molar-refractivity contribution in [3.63, 3.8) is 0 Å². The van der Waals surface area contributed by atoms with E-state index in [0.717, 1.165) is 21.6 Å². The van der Waals surface area contributed by atoms with E-state index in [1.165, 1.54) is 0 Å². The first-order valence-electron chi connectivity index (χ1n) is 7.26. The molecule has 0 aliphatic heterocycles. The van der Waals surface area contributed by atoms with Crippen molar-refractivity contribution in [2.75, 3.05) is 0 Å². The molecule has 2 aromatic carbocycles. The number of fused-ring (bicyclic) bond motifs is 1. The summed E-state index contributed by atoms with van der Waals surface area (Å²) in [6.07, 6.45) is 0. The van der Waals surface area contributed by atoms with Gasteiger partial charge in [-0.25, -0.2) is 0 Å². The molecular weight excluding hydrogens is 298 g/mol. The molecule has 0 saturated carbocycles. The number of halogens is 1. The molecular formula is C18H18ClNO2. The summed E-state index contributed by atoms with van der Waals surface area (Å²) < 4.78 is 8.00. The van der Waals surface area contributed by atoms with Crippen molar-refractivity contribution >= 4 is 22.5 Å². The highest BCUT2D eigenvalue weighted by Gasteiger charge is 2.13. The van der Waals surface area contributed by atoms with E-state index in [1.54, 1.807) is 18.2 Å². The quantitative estimate of drug-likeness (QED) is 0.721. The number of rotatable bonds is 4. The molecule has 1 heterocycles. The second-order valence-corrected chi connectivity index (χ2v) is 6.00. The average molecular weight is 316 g/mol. The van der Waals surface area contributed by atoms with Gasteiger partial charge in [-0.1, -0.05) is 23.7 Å². The molecule has 0 bridgehead atoms. The number of aromatic nitrogens is 1. The second-order valence-electron chi connectivity index (χ2n) is 5.56. The lowest BCUT2D eigenvalue weighted by Crippen LogP contribution is -2.08. The van der Waals surface area contributed by atoms with Crippen molar-refractivity contribution in [1.29, 1.82) is 0 Å². The van der Waals surface area contributed by atoms with Gasteiger partial charge in [-0.15, -0.1) is 0 Å². The molecule has 0 unspecified atom stereocenters. The molecule has 0 atom stereocenters. The Balaban J connectivity index is 1.96. The van der Waals surface area contributed by atoms with E-state index in [-0.39, 0.29) is 5.75 Å². The van der Waals surface area contributed by atoms with Crippen molar-refractivity contribution in [1.82, 2.24) is 4.57 Å². The minimum Gasteiger partial charge on any atom is -0.504 e. The van der Waals surface area contributed by atoms with E-state index in [2.05, 4.69) is 24.5 Å². The standard InChI is InChI=1S/C18H18ClNO2/c1-12(2)20-15(10-13-9-14(19)7-8-16(13)20)11-22-18-6-4-3-5-17(18)21/h3-10,12,21H,11H2,1-2H3. The summed E-state index contributed by atoms with van der Waals surface area (Å²) in [6, 6.07) is 15.3. The number of aromatic hydroxyl groups is 1. The largest absolute Gasteiger partial charge is 0.504 e. The number of phenolic OH excluding ortho intramolecular Hbond substituents is 1. The Morgan fingerprint density at radius 1 is 1.14 bits per heavy atom. The van der Waals surface area contributed by atoms with Gasteiger partial charge >= 0.3 is 0 Å². The molecule has 3 aromatic rings. The number of hydrogen-bond donors (Lipinski definition) is 1. The van der Waals surface area contributed by atoms with Crippen LogP contribution in [0, 0.1) is 0 Å². The van der Waals surface area contributed by atoms with E-state index in [4.69, 9.17) is 16.3 Å². The fourth-order valence-corrected chi connectivity index (χ4v) is 2.90. The zero-order valence-corrected chi connectivity index (χ0v) is 13.3. The topological polar surface area (TPSA) is 34.4 Å². The van der Waals surface area contributed by atoms with Gasteiger partial charge in [0.1, 0.15) is 6.61 Å². The first-order valence-corrected chi connectivity index (χ1v) is 7.64. The van der Waals surface area contributed by atoms with Gasteiger partial charge in [0.05, 0.1) is 5.69 Å². The summed E-state index contributed by atoms with van der Waals surface area (Å²) in [5, 5.41) is 11.6. The third-order valence-electron chi connectivity index (χ3n) is 3.64. The summed E-state index contributed by atoms with van der Waals surface area (Å²) in [6.45, 7) is 4.66. The Bertz CT molecular complexity index is 808. The molecule has 114 valence electrons. The van der Waals surface area contributed by atoms with Crippen molar-refractivity contribution < 1.29 is 9.84 Å². The number of para-hydroxylation sites is 2. The maximum Gasteiger partial charge on any atom is 0.161 e. The van der Waals surface area contributed by atoms with Crippen LogP contribution in [0.3, 0.4) is 0 Å². The minimum absolute atomic E-state index is 0.151. The lowest BCUT2D eigenvalue weighted by atomic mass is 10.2. The Kier molecular flexibility index (Phi) is 3.99. The Morgan fingerprint density at radius 2 is 1.91 bits per heavy atom. The Morgan fingerprint density at radius 3 is 2.64 bits per heavy atom. The summed E-state index contributed by atoms with van der Waals surface area (Å²) >= 11 is 6.08. The normalized spacial score (nSPS) is 11.3. The predicted octanol–water partition coefficient (Wildman–Crippen LogP) is 5.16. The third kappa shape index (κ3) is 2.77. The molecule has 3 nitrogen and oxygen atoms in total. The molecule has 0 saturated heterocycles. The van der Waals surface area contributed by atoms with Crippen molar-refractivity contribution in [3.05, 3.63) is 59.2 Å². The summed E-state index contributed by atoms with van der Waals surface area (Å²) in [5.41, 5.74) is 2.19. The van der Waals surface area contributed by atoms with Crippen LogP contribution in [0.25, 0.3) is 10.9 Å². The molecule has 0 amide bonds. The van der Waals surface area contributed by atoms with Gasteiger partial charge < -0.3 is 14.4 Å². The average Bonchev–Trinajstić information content (AvgIpc) is 2.84. The minimum atomic E-state index is 0.151. The van der Waals surface area contributed by atoms with Gasteiger partial charge in [-0.3, -0.25) is 0 Å². The van der Waals surface area contributed by atoms with E-state index in [9.17, 15) is 5.11 Å². The number of benzene rings is 2. The van der Waals surface area contributed by atoms with Crippen molar-refractivity contribution in [2.24, 2.45) is 0 Å². The Hall–Kier alpha value is -2.13. The van der Waals surface area contributed by atoms with Gasteiger partial charge in [-0.2, -0.15) is 0 Å². The SMILES string of the molecule is CC(C)n1c(COc2ccccc2O)cc2cc(Cl)ccc21. The zero-order valence-electron chi connectivity index (χ0n) is 12.6. The Labute approximate surface area is 134 Å². The van der Waals surface area contributed by atoms with Crippen LogP contribution in [0.2, 0.25) is 5.02 Å². The summed E-state index contributed by atoms with van der Waals surface area (Å²) in [4.78, 5) is 0. The number of ether oxygens (including phenoxy) is 1. The van der Waals surface area contributed by atoms with Crippen LogP contribution < -0.4 is 4.74 Å². The zero-order chi connectivity index (χ0) is 15.7. The van der Waals surface area contributed by atoms with Crippen LogP contribution in [0.4, 0.5) is 0 Å². The van der Waals surface area contributed by atoms with E-state index in [1.807, 2.05) is 24.3 Å². The van der Waals surface area contributed by atoms with Gasteiger partial charge in [0.25, 0.3) is 0 Å². The number of nitrogens with zero attached hydrogens (tertiary/aromatic N) is 1. The second kappa shape index (κ2) is 5.93. The van der Waals surface area contributed by atoms with Crippen molar-refractivity contribution in [3.8, 4) is 11.5 Å². The van der Waals surface area contributed by atoms with Gasteiger partial charge in [0.15, 0.2) is 11.5 Å². The highest BCUT2D eigenvalue weighted by molar-refractivity contribution is 6.31. The van der Waals surface area contributed by atoms with Crippen LogP contribution >= 0.6 is 11.6 Å². The molecule has 22 heavy (non-hydrogen) atoms. The molecule has 0 aliphatic rings. The number of phenols is 1. The predicted molar refractivity (Wildman–Crippen MR) is 89.8 cm³/mol. The van der Waals surface area contributed by atoms with Crippen molar-refractivity contribution in [2.45, 2.75) is 26.5 Å². The van der Waals surface area contributed by atoms with E-state index in [0.29, 0.717) is 18.4 Å². The van der Waals surface area contributed by atoms with Crippen LogP contribution in [0.5, 0.6) is 11.5 Å². The first kappa shape index (κ1) is 14.8. The lowest BCUT2D eigenvalue weighted by molar-refractivity contribution is 0.278. The lowest BCUT2D eigenvalue weighted by Gasteiger charge is -2.15. The third-order valence-corrected chi connectivity index (χ3v) is 3.87. The molecule has 0 aliphatic carbocycles. The van der Waals surface area contributed by atoms with Crippen LogP contribution in [0.1, 0.15) is 25.6 Å². The van der Waals surface area contributed by atoms with Crippen LogP contribution in [0.15, 0.2) is 48.5 Å². The summed E-state index contributed by atoms with van der Waals surface area (Å²) in [7, 11) is 0. The van der Waals surface area contributed by atoms with Gasteiger partial charge in [0.2, 0.25) is 0 Å². The maximum atomic E-state index is 9.79. The van der Waals surface area contributed by atoms with Gasteiger partial charge in [-0.05, 0) is 50.2 Å². The van der Waals surface area contributed by atoms with Crippen LogP contribution in [-0.2, 0) is 6.61 Å². The fourth-order valence-electron chi connectivity index (χ4n) is 2.72. The molecule has 0 fully saturated rings.